The highest BCUT2D eigenvalue weighted by molar-refractivity contribution is 5.66. The number of methoxy groups -OCH3 is 1. The van der Waals surface area contributed by atoms with E-state index in [0.717, 1.165) is 40.7 Å². The molecule has 0 spiro atoms. The van der Waals surface area contributed by atoms with E-state index in [1.54, 1.807) is 13.4 Å². The molecular weight excluding hydrogens is 306 g/mol. The smallest absolute Gasteiger partial charge is 0.167 e. The topological polar surface area (TPSA) is 58.4 Å². The zero-order chi connectivity index (χ0) is 16.4. The predicted octanol–water partition coefficient (Wildman–Crippen LogP) is 2.93. The van der Waals surface area contributed by atoms with Crippen molar-refractivity contribution in [3.63, 3.8) is 0 Å². The number of ether oxygens (including phenoxy) is 3. The molecule has 1 aromatic heterocycles. The van der Waals surface area contributed by atoms with Gasteiger partial charge in [-0.3, -0.25) is 0 Å². The molecule has 1 aliphatic heterocycles. The van der Waals surface area contributed by atoms with Crippen LogP contribution in [0.15, 0.2) is 48.8 Å². The second kappa shape index (κ2) is 6.23. The Morgan fingerprint density at radius 1 is 1.12 bits per heavy atom. The van der Waals surface area contributed by atoms with Crippen molar-refractivity contribution in [2.45, 2.75) is 13.2 Å². The second-order valence-corrected chi connectivity index (χ2v) is 5.49. The van der Waals surface area contributed by atoms with Gasteiger partial charge in [-0.1, -0.05) is 12.1 Å². The van der Waals surface area contributed by atoms with Gasteiger partial charge < -0.3 is 18.8 Å². The molecule has 0 radical (unpaired) electrons. The van der Waals surface area contributed by atoms with Gasteiger partial charge in [-0.2, -0.15) is 0 Å². The lowest BCUT2D eigenvalue weighted by Gasteiger charge is -2.10. The maximum Gasteiger partial charge on any atom is 0.167 e. The lowest BCUT2D eigenvalue weighted by atomic mass is 10.1. The Hall–Kier alpha value is -3.02. The highest BCUT2D eigenvalue weighted by atomic mass is 16.5. The number of benzene rings is 2. The molecule has 6 nitrogen and oxygen atoms in total. The molecule has 0 saturated heterocycles. The van der Waals surface area contributed by atoms with Crippen molar-refractivity contribution in [3.8, 4) is 28.6 Å². The molecule has 2 aromatic carbocycles. The minimum Gasteiger partial charge on any atom is -0.497 e. The summed E-state index contributed by atoms with van der Waals surface area (Å²) in [6, 6.07) is 13.6. The summed E-state index contributed by atoms with van der Waals surface area (Å²) in [6.07, 6.45) is 1.72. The van der Waals surface area contributed by atoms with E-state index >= 15 is 0 Å². The van der Waals surface area contributed by atoms with E-state index in [9.17, 15) is 0 Å². The van der Waals surface area contributed by atoms with Crippen molar-refractivity contribution in [1.29, 1.82) is 0 Å². The second-order valence-electron chi connectivity index (χ2n) is 5.49. The molecule has 2 heterocycles. The van der Waals surface area contributed by atoms with Crippen LogP contribution in [0.4, 0.5) is 0 Å². The molecule has 0 unspecified atom stereocenters. The molecular formula is C18H17N3O3. The Balaban J connectivity index is 1.55. The number of nitrogens with zero attached hydrogens (tertiary/aromatic N) is 3. The summed E-state index contributed by atoms with van der Waals surface area (Å²) in [4.78, 5) is 0. The zero-order valence-electron chi connectivity index (χ0n) is 13.3. The standard InChI is InChI=1S/C18H17N3O3/c1-22-14-4-2-13(3-5-14)11-24-15-6-7-17-16(10-15)18-20-19-12-21(18)8-9-23-17/h2-7,10,12H,8-9,11H2,1H3. The van der Waals surface area contributed by atoms with Crippen LogP contribution in [0.5, 0.6) is 17.2 Å². The van der Waals surface area contributed by atoms with Gasteiger partial charge in [0, 0.05) is 0 Å². The van der Waals surface area contributed by atoms with Gasteiger partial charge >= 0.3 is 0 Å². The van der Waals surface area contributed by atoms with Crippen LogP contribution in [0.1, 0.15) is 5.56 Å². The molecule has 4 rings (SSSR count). The summed E-state index contributed by atoms with van der Waals surface area (Å²) < 4.78 is 18.8. The van der Waals surface area contributed by atoms with E-state index < -0.39 is 0 Å². The first-order valence-corrected chi connectivity index (χ1v) is 7.74. The van der Waals surface area contributed by atoms with Gasteiger partial charge in [0.15, 0.2) is 5.82 Å². The largest absolute Gasteiger partial charge is 0.497 e. The highest BCUT2D eigenvalue weighted by Crippen LogP contribution is 2.34. The maximum absolute atomic E-state index is 5.91. The van der Waals surface area contributed by atoms with Crippen LogP contribution in [-0.2, 0) is 13.2 Å². The molecule has 0 amide bonds. The summed E-state index contributed by atoms with van der Waals surface area (Å²) in [7, 11) is 1.65. The van der Waals surface area contributed by atoms with E-state index in [-0.39, 0.29) is 0 Å². The van der Waals surface area contributed by atoms with E-state index in [0.29, 0.717) is 13.2 Å². The number of hydrogen-bond acceptors (Lipinski definition) is 5. The van der Waals surface area contributed by atoms with Crippen molar-refractivity contribution in [3.05, 3.63) is 54.4 Å². The lowest BCUT2D eigenvalue weighted by Crippen LogP contribution is -2.04. The van der Waals surface area contributed by atoms with E-state index in [2.05, 4.69) is 10.2 Å². The van der Waals surface area contributed by atoms with E-state index in [1.165, 1.54) is 0 Å². The fraction of sp³-hybridized carbons (Fsp3) is 0.222. The monoisotopic (exact) mass is 323 g/mol. The van der Waals surface area contributed by atoms with Crippen LogP contribution in [-0.4, -0.2) is 28.5 Å². The fourth-order valence-corrected chi connectivity index (χ4v) is 2.67. The van der Waals surface area contributed by atoms with Gasteiger partial charge in [-0.15, -0.1) is 10.2 Å². The normalized spacial score (nSPS) is 12.5. The maximum atomic E-state index is 5.91. The summed E-state index contributed by atoms with van der Waals surface area (Å²) in [5.74, 6) is 3.21. The Labute approximate surface area is 139 Å². The molecule has 1 aliphatic rings. The Morgan fingerprint density at radius 3 is 2.79 bits per heavy atom. The van der Waals surface area contributed by atoms with E-state index in [4.69, 9.17) is 14.2 Å². The first-order chi connectivity index (χ1) is 11.8. The molecule has 0 saturated carbocycles. The zero-order valence-corrected chi connectivity index (χ0v) is 13.3. The molecule has 0 aliphatic carbocycles. The number of rotatable bonds is 4. The predicted molar refractivity (Wildman–Crippen MR) is 88.3 cm³/mol. The molecule has 3 aromatic rings. The van der Waals surface area contributed by atoms with Crippen LogP contribution in [0.3, 0.4) is 0 Å². The van der Waals surface area contributed by atoms with Gasteiger partial charge in [-0.05, 0) is 35.9 Å². The fourth-order valence-electron chi connectivity index (χ4n) is 2.67. The number of fused-ring (bicyclic) bond motifs is 3. The Morgan fingerprint density at radius 2 is 1.96 bits per heavy atom. The molecule has 0 N–H and O–H groups in total. The van der Waals surface area contributed by atoms with Gasteiger partial charge in [0.05, 0.1) is 19.2 Å². The summed E-state index contributed by atoms with van der Waals surface area (Å²) in [5, 5.41) is 8.19. The highest BCUT2D eigenvalue weighted by Gasteiger charge is 2.17. The van der Waals surface area contributed by atoms with E-state index in [1.807, 2.05) is 47.0 Å². The first-order valence-electron chi connectivity index (χ1n) is 7.74. The molecule has 24 heavy (non-hydrogen) atoms. The summed E-state index contributed by atoms with van der Waals surface area (Å²) in [6.45, 7) is 1.82. The quantitative estimate of drug-likeness (QED) is 0.739. The number of hydrogen-bond donors (Lipinski definition) is 0. The molecule has 0 atom stereocenters. The minimum absolute atomic E-state index is 0.482. The lowest BCUT2D eigenvalue weighted by molar-refractivity contribution is 0.299. The Kier molecular flexibility index (Phi) is 3.78. The van der Waals surface area contributed by atoms with Gasteiger partial charge in [0.25, 0.3) is 0 Å². The first kappa shape index (κ1) is 14.6. The van der Waals surface area contributed by atoms with Crippen molar-refractivity contribution in [1.82, 2.24) is 14.8 Å². The minimum atomic E-state index is 0.482. The summed E-state index contributed by atoms with van der Waals surface area (Å²) >= 11 is 0. The van der Waals surface area contributed by atoms with Gasteiger partial charge in [-0.25, -0.2) is 0 Å². The van der Waals surface area contributed by atoms with Gasteiger partial charge in [0.2, 0.25) is 0 Å². The molecule has 0 fully saturated rings. The molecule has 122 valence electrons. The van der Waals surface area contributed by atoms with Crippen molar-refractivity contribution in [2.75, 3.05) is 13.7 Å². The Bertz CT molecular complexity index is 843. The van der Waals surface area contributed by atoms with Crippen LogP contribution in [0.2, 0.25) is 0 Å². The average Bonchev–Trinajstić information content (AvgIpc) is 3.03. The SMILES string of the molecule is COc1ccc(COc2ccc3c(c2)-c2nncn2CCO3)cc1. The van der Waals surface area contributed by atoms with Crippen LogP contribution < -0.4 is 14.2 Å². The third-order valence-corrected chi connectivity index (χ3v) is 3.96. The van der Waals surface area contributed by atoms with Crippen molar-refractivity contribution >= 4 is 0 Å². The van der Waals surface area contributed by atoms with Gasteiger partial charge in [0.1, 0.15) is 36.8 Å². The third-order valence-electron chi connectivity index (χ3n) is 3.96. The molecule has 6 heteroatoms. The average molecular weight is 323 g/mol. The van der Waals surface area contributed by atoms with Crippen molar-refractivity contribution in [2.24, 2.45) is 0 Å². The van der Waals surface area contributed by atoms with Crippen LogP contribution >= 0.6 is 0 Å². The summed E-state index contributed by atoms with van der Waals surface area (Å²) in [5.41, 5.74) is 1.97. The number of aromatic nitrogens is 3. The van der Waals surface area contributed by atoms with Crippen LogP contribution in [0, 0.1) is 0 Å². The third kappa shape index (κ3) is 2.78. The van der Waals surface area contributed by atoms with Crippen molar-refractivity contribution < 1.29 is 14.2 Å². The molecule has 0 bridgehead atoms. The van der Waals surface area contributed by atoms with Crippen LogP contribution in [0.25, 0.3) is 11.4 Å².